The van der Waals surface area contributed by atoms with Gasteiger partial charge >= 0.3 is 0 Å². The average Bonchev–Trinajstić information content (AvgIpc) is 2.70. The Morgan fingerprint density at radius 1 is 1.29 bits per heavy atom. The van der Waals surface area contributed by atoms with E-state index in [2.05, 4.69) is 23.7 Å². The molecule has 0 fully saturated rings. The van der Waals surface area contributed by atoms with E-state index in [1.54, 1.807) is 17.4 Å². The van der Waals surface area contributed by atoms with Crippen LogP contribution in [0, 0.1) is 12.7 Å². The van der Waals surface area contributed by atoms with E-state index in [-0.39, 0.29) is 5.82 Å². The van der Waals surface area contributed by atoms with E-state index in [9.17, 15) is 4.39 Å². The molecule has 0 amide bonds. The smallest absolute Gasteiger partial charge is 0.123 e. The Morgan fingerprint density at radius 2 is 2.12 bits per heavy atom. The van der Waals surface area contributed by atoms with Gasteiger partial charge in [-0.3, -0.25) is 0 Å². The second kappa shape index (κ2) is 5.63. The van der Waals surface area contributed by atoms with Gasteiger partial charge in [0.05, 0.1) is 0 Å². The first kappa shape index (κ1) is 12.6. The molecule has 0 saturated carbocycles. The summed E-state index contributed by atoms with van der Waals surface area (Å²) in [7, 11) is 0. The largest absolute Gasteiger partial charge is 0.308 e. The molecular weight excluding hydrogens is 257 g/mol. The summed E-state index contributed by atoms with van der Waals surface area (Å²) in [6.45, 7) is 3.45. The van der Waals surface area contributed by atoms with Crippen molar-refractivity contribution in [2.24, 2.45) is 0 Å². The molecular formula is C13H13ClFNS. The van der Waals surface area contributed by atoms with Crippen molar-refractivity contribution in [3.8, 4) is 0 Å². The van der Waals surface area contributed by atoms with Crippen molar-refractivity contribution in [1.29, 1.82) is 0 Å². The molecule has 0 saturated heterocycles. The third-order valence-electron chi connectivity index (χ3n) is 2.58. The standard InChI is InChI=1S/C13H13ClFNS/c1-9-4-5-17-13(9)8-16-7-10-6-11(15)2-3-12(10)14/h2-6,16H,7-8H2,1H3. The second-order valence-electron chi connectivity index (χ2n) is 3.87. The van der Waals surface area contributed by atoms with E-state index in [1.807, 2.05) is 0 Å². The van der Waals surface area contributed by atoms with Crippen LogP contribution in [0.3, 0.4) is 0 Å². The van der Waals surface area contributed by atoms with Crippen LogP contribution in [0.25, 0.3) is 0 Å². The zero-order chi connectivity index (χ0) is 12.3. The van der Waals surface area contributed by atoms with Gasteiger partial charge in [-0.1, -0.05) is 11.6 Å². The quantitative estimate of drug-likeness (QED) is 0.880. The number of nitrogens with one attached hydrogen (secondary N) is 1. The van der Waals surface area contributed by atoms with Crippen LogP contribution in [0.2, 0.25) is 5.02 Å². The molecule has 0 aliphatic rings. The maximum Gasteiger partial charge on any atom is 0.123 e. The second-order valence-corrected chi connectivity index (χ2v) is 5.27. The lowest BCUT2D eigenvalue weighted by Crippen LogP contribution is -2.12. The molecule has 0 bridgehead atoms. The third kappa shape index (κ3) is 3.28. The van der Waals surface area contributed by atoms with Crippen LogP contribution in [0.4, 0.5) is 4.39 Å². The van der Waals surface area contributed by atoms with Crippen LogP contribution >= 0.6 is 22.9 Å². The molecule has 0 unspecified atom stereocenters. The van der Waals surface area contributed by atoms with Gasteiger partial charge in [0.1, 0.15) is 5.82 Å². The summed E-state index contributed by atoms with van der Waals surface area (Å²) >= 11 is 7.71. The van der Waals surface area contributed by atoms with E-state index in [0.717, 1.165) is 12.1 Å². The maximum absolute atomic E-state index is 13.0. The molecule has 17 heavy (non-hydrogen) atoms. The van der Waals surface area contributed by atoms with E-state index in [1.165, 1.54) is 22.6 Å². The van der Waals surface area contributed by atoms with Gasteiger partial charge in [-0.05, 0) is 47.7 Å². The van der Waals surface area contributed by atoms with Crippen molar-refractivity contribution >= 4 is 22.9 Å². The van der Waals surface area contributed by atoms with Crippen molar-refractivity contribution in [2.75, 3.05) is 0 Å². The molecule has 0 spiro atoms. The molecule has 90 valence electrons. The fraction of sp³-hybridized carbons (Fsp3) is 0.231. The van der Waals surface area contributed by atoms with Gasteiger partial charge in [-0.2, -0.15) is 0 Å². The number of rotatable bonds is 4. The normalized spacial score (nSPS) is 10.8. The lowest BCUT2D eigenvalue weighted by Gasteiger charge is -2.06. The third-order valence-corrected chi connectivity index (χ3v) is 3.97. The van der Waals surface area contributed by atoms with Crippen molar-refractivity contribution in [3.63, 3.8) is 0 Å². The minimum atomic E-state index is -0.251. The topological polar surface area (TPSA) is 12.0 Å². The Kier molecular flexibility index (Phi) is 4.15. The van der Waals surface area contributed by atoms with Crippen LogP contribution in [0.5, 0.6) is 0 Å². The zero-order valence-electron chi connectivity index (χ0n) is 9.47. The minimum Gasteiger partial charge on any atom is -0.308 e. The summed E-state index contributed by atoms with van der Waals surface area (Å²) in [6, 6.07) is 6.52. The van der Waals surface area contributed by atoms with Crippen molar-refractivity contribution in [3.05, 3.63) is 56.5 Å². The van der Waals surface area contributed by atoms with Gasteiger partial charge in [0, 0.05) is 23.0 Å². The number of thiophene rings is 1. The van der Waals surface area contributed by atoms with E-state index < -0.39 is 0 Å². The van der Waals surface area contributed by atoms with Gasteiger partial charge in [0.2, 0.25) is 0 Å². The average molecular weight is 270 g/mol. The first-order valence-electron chi connectivity index (χ1n) is 5.34. The molecule has 4 heteroatoms. The first-order chi connectivity index (χ1) is 8.16. The molecule has 0 atom stereocenters. The molecule has 0 aliphatic heterocycles. The van der Waals surface area contributed by atoms with Gasteiger partial charge in [0.15, 0.2) is 0 Å². The summed E-state index contributed by atoms with van der Waals surface area (Å²) in [5.74, 6) is -0.251. The van der Waals surface area contributed by atoms with E-state index >= 15 is 0 Å². The summed E-state index contributed by atoms with van der Waals surface area (Å²) < 4.78 is 13.0. The summed E-state index contributed by atoms with van der Waals surface area (Å²) in [5, 5.41) is 5.94. The lowest BCUT2D eigenvalue weighted by atomic mass is 10.2. The highest BCUT2D eigenvalue weighted by Crippen LogP contribution is 2.18. The van der Waals surface area contributed by atoms with Gasteiger partial charge < -0.3 is 5.32 Å². The van der Waals surface area contributed by atoms with Gasteiger partial charge in [-0.25, -0.2) is 4.39 Å². The Labute approximate surface area is 109 Å². The molecule has 2 aromatic rings. The summed E-state index contributed by atoms with van der Waals surface area (Å²) in [5.41, 5.74) is 2.08. The van der Waals surface area contributed by atoms with Crippen LogP contribution in [-0.4, -0.2) is 0 Å². The molecule has 1 N–H and O–H groups in total. The van der Waals surface area contributed by atoms with Crippen LogP contribution in [-0.2, 0) is 13.1 Å². The van der Waals surface area contributed by atoms with Crippen molar-refractivity contribution < 1.29 is 4.39 Å². The maximum atomic E-state index is 13.0. The number of halogens is 2. The predicted molar refractivity (Wildman–Crippen MR) is 71.0 cm³/mol. The molecule has 1 aromatic carbocycles. The Morgan fingerprint density at radius 3 is 2.82 bits per heavy atom. The highest BCUT2D eigenvalue weighted by Gasteiger charge is 2.03. The van der Waals surface area contributed by atoms with Gasteiger partial charge in [-0.15, -0.1) is 11.3 Å². The minimum absolute atomic E-state index is 0.251. The molecule has 0 aliphatic carbocycles. The number of benzene rings is 1. The number of hydrogen-bond acceptors (Lipinski definition) is 2. The number of hydrogen-bond donors (Lipinski definition) is 1. The Hall–Kier alpha value is -0.900. The van der Waals surface area contributed by atoms with E-state index in [0.29, 0.717) is 11.6 Å². The fourth-order valence-corrected chi connectivity index (χ4v) is 2.63. The zero-order valence-corrected chi connectivity index (χ0v) is 11.0. The Balaban J connectivity index is 1.94. The van der Waals surface area contributed by atoms with Crippen LogP contribution < -0.4 is 5.32 Å². The monoisotopic (exact) mass is 269 g/mol. The Bertz CT molecular complexity index is 510. The summed E-state index contributed by atoms with van der Waals surface area (Å²) in [4.78, 5) is 1.30. The highest BCUT2D eigenvalue weighted by atomic mass is 35.5. The van der Waals surface area contributed by atoms with Crippen LogP contribution in [0.15, 0.2) is 29.6 Å². The molecule has 1 aromatic heterocycles. The van der Waals surface area contributed by atoms with E-state index in [4.69, 9.17) is 11.6 Å². The molecule has 0 radical (unpaired) electrons. The van der Waals surface area contributed by atoms with Crippen molar-refractivity contribution in [2.45, 2.75) is 20.0 Å². The van der Waals surface area contributed by atoms with Crippen LogP contribution in [0.1, 0.15) is 16.0 Å². The summed E-state index contributed by atoms with van der Waals surface area (Å²) in [6.07, 6.45) is 0. The van der Waals surface area contributed by atoms with Crippen molar-refractivity contribution in [1.82, 2.24) is 5.32 Å². The lowest BCUT2D eigenvalue weighted by molar-refractivity contribution is 0.620. The fourth-order valence-electron chi connectivity index (χ4n) is 1.57. The number of aryl methyl sites for hydroxylation is 1. The molecule has 1 heterocycles. The molecule has 2 rings (SSSR count). The first-order valence-corrected chi connectivity index (χ1v) is 6.60. The SMILES string of the molecule is Cc1ccsc1CNCc1cc(F)ccc1Cl. The molecule has 1 nitrogen and oxygen atoms in total. The van der Waals surface area contributed by atoms with Gasteiger partial charge in [0.25, 0.3) is 0 Å². The predicted octanol–water partition coefficient (Wildman–Crippen LogP) is 4.14. The highest BCUT2D eigenvalue weighted by molar-refractivity contribution is 7.10.